The van der Waals surface area contributed by atoms with Gasteiger partial charge in [0.2, 0.25) is 0 Å². The second-order valence-corrected chi connectivity index (χ2v) is 7.76. The van der Waals surface area contributed by atoms with Crippen LogP contribution in [-0.4, -0.2) is 30.3 Å². The number of esters is 1. The summed E-state index contributed by atoms with van der Waals surface area (Å²) in [5, 5.41) is 3.28. The molecule has 1 N–H and O–H groups in total. The van der Waals surface area contributed by atoms with Gasteiger partial charge < -0.3 is 19.5 Å². The Morgan fingerprint density at radius 3 is 2.59 bits per heavy atom. The van der Waals surface area contributed by atoms with E-state index < -0.39 is 29.9 Å². The van der Waals surface area contributed by atoms with Crippen LogP contribution in [0.4, 0.5) is 18.9 Å². The third-order valence-corrected chi connectivity index (χ3v) is 5.33. The minimum Gasteiger partial charge on any atom is -0.493 e. The number of fused-ring (bicyclic) bond motifs is 1. The van der Waals surface area contributed by atoms with Crippen molar-refractivity contribution < 1.29 is 32.2 Å². The molecule has 0 fully saturated rings. The van der Waals surface area contributed by atoms with Crippen LogP contribution in [0.5, 0.6) is 5.75 Å². The second-order valence-electron chi connectivity index (χ2n) is 6.89. The number of nitrogens with one attached hydrogen (secondary N) is 1. The maximum absolute atomic E-state index is 14.2. The van der Waals surface area contributed by atoms with Gasteiger partial charge in [-0.05, 0) is 38.1 Å². The summed E-state index contributed by atoms with van der Waals surface area (Å²) in [5.74, 6) is -0.894. The van der Waals surface area contributed by atoms with Crippen molar-refractivity contribution in [3.8, 4) is 5.75 Å². The van der Waals surface area contributed by atoms with Crippen LogP contribution in [0.1, 0.15) is 43.1 Å². The highest BCUT2D eigenvalue weighted by atomic mass is 35.5. The van der Waals surface area contributed by atoms with E-state index in [1.54, 1.807) is 26.0 Å². The van der Waals surface area contributed by atoms with Gasteiger partial charge in [-0.2, -0.15) is 13.2 Å². The lowest BCUT2D eigenvalue weighted by Gasteiger charge is -2.26. The van der Waals surface area contributed by atoms with Crippen molar-refractivity contribution in [2.75, 3.05) is 18.5 Å². The van der Waals surface area contributed by atoms with Gasteiger partial charge in [0, 0.05) is 21.8 Å². The Kier molecular flexibility index (Phi) is 7.63. The van der Waals surface area contributed by atoms with Crippen LogP contribution in [-0.2, 0) is 20.4 Å². The molecule has 32 heavy (non-hydrogen) atoms. The van der Waals surface area contributed by atoms with Crippen molar-refractivity contribution in [1.82, 2.24) is 0 Å². The lowest BCUT2D eigenvalue weighted by Crippen LogP contribution is -2.31. The smallest absolute Gasteiger partial charge is 0.420 e. The minimum atomic E-state index is -4.72. The van der Waals surface area contributed by atoms with Crippen molar-refractivity contribution in [3.05, 3.63) is 58.1 Å². The van der Waals surface area contributed by atoms with Gasteiger partial charge in [0.25, 0.3) is 0 Å². The summed E-state index contributed by atoms with van der Waals surface area (Å²) in [6.45, 7) is 3.46. The molecule has 0 unspecified atom stereocenters. The normalized spacial score (nSPS) is 18.4. The number of ether oxygens (including phenoxy) is 3. The van der Waals surface area contributed by atoms with Gasteiger partial charge in [0.05, 0.1) is 19.6 Å². The monoisotopic (exact) mass is 487 g/mol. The van der Waals surface area contributed by atoms with Gasteiger partial charge in [-0.1, -0.05) is 36.0 Å². The van der Waals surface area contributed by atoms with Crippen molar-refractivity contribution in [2.24, 2.45) is 0 Å². The number of halogens is 4. The SMILES string of the molecule is CCOC(=O)C[C@H]1O[C@H](c2cccc(OCC)c2C(F)(F)F)c2cc(Cl)ccc2NC1=S. The Hall–Kier alpha value is -2.36. The van der Waals surface area contributed by atoms with E-state index in [0.717, 1.165) is 0 Å². The Morgan fingerprint density at radius 1 is 1.19 bits per heavy atom. The molecule has 10 heteroatoms. The predicted molar refractivity (Wildman–Crippen MR) is 118 cm³/mol. The second kappa shape index (κ2) is 10.1. The summed E-state index contributed by atoms with van der Waals surface area (Å²) in [7, 11) is 0. The molecule has 2 atom stereocenters. The number of carbonyl (C=O) groups excluding carboxylic acids is 1. The number of alkyl halides is 3. The molecule has 3 rings (SSSR count). The molecule has 0 aromatic heterocycles. The zero-order chi connectivity index (χ0) is 23.5. The van der Waals surface area contributed by atoms with Gasteiger partial charge in [-0.25, -0.2) is 0 Å². The first-order valence-corrected chi connectivity index (χ1v) is 10.7. The number of benzene rings is 2. The standard InChI is InChI=1S/C22H21ClF3NO4S/c1-3-29-16-7-5-6-13(19(16)22(24,25)26)20-14-10-12(23)8-9-15(14)27-21(32)17(31-20)11-18(28)30-4-2/h5-10,17,20H,3-4,11H2,1-2H3,(H,27,32)/t17-,20-/m1/s1. The predicted octanol–water partition coefficient (Wildman–Crippen LogP) is 5.94. The first-order valence-electron chi connectivity index (χ1n) is 9.90. The van der Waals surface area contributed by atoms with E-state index in [4.69, 9.17) is 38.0 Å². The lowest BCUT2D eigenvalue weighted by atomic mass is 9.94. The number of hydrogen-bond donors (Lipinski definition) is 1. The molecule has 0 saturated carbocycles. The van der Waals surface area contributed by atoms with Crippen molar-refractivity contribution >= 4 is 40.5 Å². The Balaban J connectivity index is 2.18. The van der Waals surface area contributed by atoms with Crippen LogP contribution in [0.25, 0.3) is 0 Å². The van der Waals surface area contributed by atoms with Crippen molar-refractivity contribution in [2.45, 2.75) is 38.7 Å². The van der Waals surface area contributed by atoms with E-state index in [0.29, 0.717) is 16.3 Å². The fourth-order valence-corrected chi connectivity index (χ4v) is 3.90. The molecular weight excluding hydrogens is 467 g/mol. The molecule has 0 bridgehead atoms. The maximum atomic E-state index is 14.2. The number of thiocarbonyl (C=S) groups is 1. The van der Waals surface area contributed by atoms with Crippen LogP contribution >= 0.6 is 23.8 Å². The summed E-state index contributed by atoms with van der Waals surface area (Å²) in [4.78, 5) is 12.2. The highest BCUT2D eigenvalue weighted by Gasteiger charge is 2.41. The molecule has 1 aliphatic heterocycles. The van der Waals surface area contributed by atoms with E-state index in [-0.39, 0.29) is 35.9 Å². The average Bonchev–Trinajstić information content (AvgIpc) is 2.84. The van der Waals surface area contributed by atoms with Crippen LogP contribution in [0.3, 0.4) is 0 Å². The molecule has 0 saturated heterocycles. The molecule has 1 aliphatic rings. The Bertz CT molecular complexity index is 1020. The summed E-state index contributed by atoms with van der Waals surface area (Å²) in [6, 6.07) is 8.73. The van der Waals surface area contributed by atoms with Gasteiger partial charge in [-0.3, -0.25) is 4.79 Å². The third-order valence-electron chi connectivity index (χ3n) is 4.73. The topological polar surface area (TPSA) is 56.8 Å². The van der Waals surface area contributed by atoms with Crippen LogP contribution in [0.2, 0.25) is 5.02 Å². The van der Waals surface area contributed by atoms with Crippen LogP contribution in [0, 0.1) is 0 Å². The largest absolute Gasteiger partial charge is 0.493 e. The molecule has 0 amide bonds. The van der Waals surface area contributed by atoms with Gasteiger partial charge in [0.15, 0.2) is 0 Å². The molecule has 1 heterocycles. The fourth-order valence-electron chi connectivity index (χ4n) is 3.48. The lowest BCUT2D eigenvalue weighted by molar-refractivity contribution is -0.146. The van der Waals surface area contributed by atoms with Gasteiger partial charge >= 0.3 is 12.1 Å². The summed E-state index contributed by atoms with van der Waals surface area (Å²) in [5.41, 5.74) is -0.344. The van der Waals surface area contributed by atoms with Gasteiger partial charge in [-0.15, -0.1) is 0 Å². The van der Waals surface area contributed by atoms with E-state index in [2.05, 4.69) is 5.32 Å². The van der Waals surface area contributed by atoms with E-state index in [1.165, 1.54) is 24.3 Å². The van der Waals surface area contributed by atoms with Crippen LogP contribution in [0.15, 0.2) is 36.4 Å². The Labute approximate surface area is 193 Å². The van der Waals surface area contributed by atoms with E-state index in [1.807, 2.05) is 0 Å². The number of anilines is 1. The zero-order valence-corrected chi connectivity index (χ0v) is 18.9. The summed E-state index contributed by atoms with van der Waals surface area (Å²) >= 11 is 11.5. The molecular formula is C22H21ClF3NO4S. The number of hydrogen-bond acceptors (Lipinski definition) is 5. The molecule has 0 spiro atoms. The molecule has 0 radical (unpaired) electrons. The molecule has 0 aliphatic carbocycles. The first-order chi connectivity index (χ1) is 15.2. The Morgan fingerprint density at radius 2 is 1.94 bits per heavy atom. The molecule has 2 aromatic rings. The quantitative estimate of drug-likeness (QED) is 0.402. The molecule has 5 nitrogen and oxygen atoms in total. The van der Waals surface area contributed by atoms with Crippen molar-refractivity contribution in [1.29, 1.82) is 0 Å². The zero-order valence-electron chi connectivity index (χ0n) is 17.3. The van der Waals surface area contributed by atoms with E-state index in [9.17, 15) is 18.0 Å². The third kappa shape index (κ3) is 5.33. The first kappa shape index (κ1) is 24.3. The fraction of sp³-hybridized carbons (Fsp3) is 0.364. The minimum absolute atomic E-state index is 0.0532. The number of rotatable bonds is 6. The highest BCUT2D eigenvalue weighted by molar-refractivity contribution is 7.80. The van der Waals surface area contributed by atoms with Gasteiger partial charge in [0.1, 0.15) is 28.5 Å². The van der Waals surface area contributed by atoms with Crippen LogP contribution < -0.4 is 10.1 Å². The highest BCUT2D eigenvalue weighted by Crippen LogP contribution is 2.46. The summed E-state index contributed by atoms with van der Waals surface area (Å²) in [6.07, 6.45) is -7.23. The summed E-state index contributed by atoms with van der Waals surface area (Å²) < 4.78 is 58.7. The molecule has 172 valence electrons. The molecule has 2 aromatic carbocycles. The average molecular weight is 488 g/mol. The van der Waals surface area contributed by atoms with E-state index >= 15 is 0 Å². The number of carbonyl (C=O) groups is 1. The maximum Gasteiger partial charge on any atom is 0.420 e. The van der Waals surface area contributed by atoms with Crippen molar-refractivity contribution in [3.63, 3.8) is 0 Å².